The van der Waals surface area contributed by atoms with Gasteiger partial charge < -0.3 is 11.5 Å². The molecule has 1 aliphatic heterocycles. The zero-order valence-corrected chi connectivity index (χ0v) is 14.3. The predicted molar refractivity (Wildman–Crippen MR) is 82.4 cm³/mol. The van der Waals surface area contributed by atoms with Crippen molar-refractivity contribution in [3.8, 4) is 0 Å². The van der Waals surface area contributed by atoms with Gasteiger partial charge in [0.1, 0.15) is 10.9 Å². The summed E-state index contributed by atoms with van der Waals surface area (Å²) in [5.41, 5.74) is 11.2. The molecule has 6 nitrogen and oxygen atoms in total. The van der Waals surface area contributed by atoms with Crippen molar-refractivity contribution in [1.29, 1.82) is 0 Å². The Morgan fingerprint density at radius 3 is 2.55 bits per heavy atom. The van der Waals surface area contributed by atoms with E-state index in [1.54, 1.807) is 6.07 Å². The van der Waals surface area contributed by atoms with Crippen LogP contribution in [-0.4, -0.2) is 31.2 Å². The Bertz CT molecular complexity index is 640. The second-order valence-corrected chi connectivity index (χ2v) is 8.08. The van der Waals surface area contributed by atoms with Gasteiger partial charge >= 0.3 is 0 Å². The lowest BCUT2D eigenvalue weighted by Crippen LogP contribution is -2.43. The normalized spacial score (nSPS) is 20.2. The largest absolute Gasteiger partial charge is 0.398 e. The van der Waals surface area contributed by atoms with Crippen molar-refractivity contribution >= 4 is 53.5 Å². The molecule has 1 unspecified atom stereocenters. The lowest BCUT2D eigenvalue weighted by molar-refractivity contribution is -0.121. The number of benzene rings is 1. The van der Waals surface area contributed by atoms with Crippen LogP contribution in [0, 0.1) is 0 Å². The van der Waals surface area contributed by atoms with E-state index in [2.05, 4.69) is 31.9 Å². The van der Waals surface area contributed by atoms with Crippen LogP contribution in [0.1, 0.15) is 12.8 Å². The summed E-state index contributed by atoms with van der Waals surface area (Å²) >= 11 is 6.45. The maximum absolute atomic E-state index is 12.7. The Labute approximate surface area is 133 Å². The maximum atomic E-state index is 12.7. The molecule has 4 N–H and O–H groups in total. The minimum atomic E-state index is -3.87. The maximum Gasteiger partial charge on any atom is 0.246 e. The summed E-state index contributed by atoms with van der Waals surface area (Å²) in [6, 6.07) is 2.29. The van der Waals surface area contributed by atoms with E-state index in [1.807, 2.05) is 0 Å². The molecule has 0 spiro atoms. The van der Waals surface area contributed by atoms with Crippen molar-refractivity contribution in [1.82, 2.24) is 4.31 Å². The zero-order chi connectivity index (χ0) is 15.1. The summed E-state index contributed by atoms with van der Waals surface area (Å²) in [5, 5.41) is 0. The molecule has 1 heterocycles. The van der Waals surface area contributed by atoms with Crippen molar-refractivity contribution in [2.75, 3.05) is 12.3 Å². The van der Waals surface area contributed by atoms with Crippen LogP contribution < -0.4 is 11.5 Å². The fourth-order valence-corrected chi connectivity index (χ4v) is 5.96. The summed E-state index contributed by atoms with van der Waals surface area (Å²) in [7, 11) is -3.87. The van der Waals surface area contributed by atoms with Crippen LogP contribution in [-0.2, 0) is 14.8 Å². The molecule has 0 aliphatic carbocycles. The summed E-state index contributed by atoms with van der Waals surface area (Å²) in [6.45, 7) is 0.262. The monoisotopic (exact) mass is 425 g/mol. The number of halogens is 2. The topological polar surface area (TPSA) is 106 Å². The Morgan fingerprint density at radius 1 is 1.35 bits per heavy atom. The highest BCUT2D eigenvalue weighted by Crippen LogP contribution is 2.36. The third kappa shape index (κ3) is 2.72. The van der Waals surface area contributed by atoms with E-state index in [1.165, 1.54) is 6.07 Å². The number of rotatable bonds is 3. The highest BCUT2D eigenvalue weighted by molar-refractivity contribution is 9.11. The van der Waals surface area contributed by atoms with Gasteiger partial charge in [-0.25, -0.2) is 8.42 Å². The van der Waals surface area contributed by atoms with Gasteiger partial charge in [0.25, 0.3) is 0 Å². The number of amides is 1. The minimum Gasteiger partial charge on any atom is -0.398 e. The lowest BCUT2D eigenvalue weighted by atomic mass is 10.2. The molecule has 1 aromatic rings. The molecule has 20 heavy (non-hydrogen) atoms. The van der Waals surface area contributed by atoms with E-state index in [0.717, 1.165) is 4.31 Å². The Morgan fingerprint density at radius 2 is 2.00 bits per heavy atom. The molecule has 110 valence electrons. The van der Waals surface area contributed by atoms with Crippen molar-refractivity contribution in [2.24, 2.45) is 5.73 Å². The number of sulfonamides is 1. The standard InChI is InChI=1S/C11H13Br2N3O3S/c12-6-4-7(13)10(8(14)5-6)20(18,19)16-3-1-2-9(16)11(15)17/h4-5,9H,1-3,14H2,(H2,15,17). The van der Waals surface area contributed by atoms with Gasteiger partial charge in [0.2, 0.25) is 15.9 Å². The van der Waals surface area contributed by atoms with Gasteiger partial charge in [0.15, 0.2) is 0 Å². The fraction of sp³-hybridized carbons (Fsp3) is 0.364. The first-order valence-corrected chi connectivity index (χ1v) is 8.83. The van der Waals surface area contributed by atoms with Crippen LogP contribution >= 0.6 is 31.9 Å². The van der Waals surface area contributed by atoms with Crippen molar-refractivity contribution in [3.05, 3.63) is 21.1 Å². The molecule has 0 bridgehead atoms. The van der Waals surface area contributed by atoms with Crippen molar-refractivity contribution in [2.45, 2.75) is 23.8 Å². The second kappa shape index (κ2) is 5.63. The lowest BCUT2D eigenvalue weighted by Gasteiger charge is -2.23. The molecule has 1 aromatic carbocycles. The molecule has 9 heteroatoms. The van der Waals surface area contributed by atoms with Crippen LogP contribution in [0.25, 0.3) is 0 Å². The molecule has 1 aliphatic rings. The van der Waals surface area contributed by atoms with Gasteiger partial charge in [-0.05, 0) is 40.9 Å². The summed E-state index contributed by atoms with van der Waals surface area (Å²) in [5.74, 6) is -0.641. The van der Waals surface area contributed by atoms with E-state index in [-0.39, 0.29) is 17.1 Å². The zero-order valence-electron chi connectivity index (χ0n) is 10.3. The van der Waals surface area contributed by atoms with Gasteiger partial charge in [-0.1, -0.05) is 15.9 Å². The fourth-order valence-electron chi connectivity index (χ4n) is 2.28. The highest BCUT2D eigenvalue weighted by atomic mass is 79.9. The molecule has 1 atom stereocenters. The SMILES string of the molecule is NC(=O)C1CCCN1S(=O)(=O)c1c(N)cc(Br)cc1Br. The van der Waals surface area contributed by atoms with E-state index < -0.39 is 22.0 Å². The molecule has 2 rings (SSSR count). The second-order valence-electron chi connectivity index (χ2n) is 4.48. The van der Waals surface area contributed by atoms with Crippen LogP contribution in [0.4, 0.5) is 5.69 Å². The average molecular weight is 427 g/mol. The predicted octanol–water partition coefficient (Wildman–Crippen LogP) is 1.43. The van der Waals surface area contributed by atoms with Crippen LogP contribution in [0.15, 0.2) is 26.0 Å². The minimum absolute atomic E-state index is 0.0335. The van der Waals surface area contributed by atoms with Crippen LogP contribution in [0.5, 0.6) is 0 Å². The van der Waals surface area contributed by atoms with Gasteiger partial charge in [-0.3, -0.25) is 4.79 Å². The summed E-state index contributed by atoms with van der Waals surface area (Å²) in [6.07, 6.45) is 1.03. The van der Waals surface area contributed by atoms with E-state index in [4.69, 9.17) is 11.5 Å². The van der Waals surface area contributed by atoms with Gasteiger partial charge in [-0.15, -0.1) is 0 Å². The molecule has 1 amide bonds. The first-order valence-electron chi connectivity index (χ1n) is 5.81. The van der Waals surface area contributed by atoms with E-state index >= 15 is 0 Å². The summed E-state index contributed by atoms with van der Waals surface area (Å²) in [4.78, 5) is 11.3. The number of anilines is 1. The third-order valence-corrected chi connectivity index (χ3v) is 6.51. The molecular formula is C11H13Br2N3O3S. The number of carbonyl (C=O) groups excluding carboxylic acids is 1. The summed E-state index contributed by atoms with van der Waals surface area (Å²) < 4.78 is 27.5. The Hall–Kier alpha value is -0.640. The quantitative estimate of drug-likeness (QED) is 0.712. The number of nitrogens with zero attached hydrogens (tertiary/aromatic N) is 1. The highest BCUT2D eigenvalue weighted by Gasteiger charge is 2.40. The van der Waals surface area contributed by atoms with Crippen molar-refractivity contribution in [3.63, 3.8) is 0 Å². The van der Waals surface area contributed by atoms with E-state index in [0.29, 0.717) is 21.8 Å². The van der Waals surface area contributed by atoms with Gasteiger partial charge in [0, 0.05) is 15.5 Å². The first kappa shape index (κ1) is 15.7. The number of nitrogen functional groups attached to an aromatic ring is 1. The smallest absolute Gasteiger partial charge is 0.246 e. The molecule has 1 fully saturated rings. The number of carbonyl (C=O) groups is 1. The molecular weight excluding hydrogens is 414 g/mol. The molecule has 1 saturated heterocycles. The molecule has 0 aromatic heterocycles. The third-order valence-electron chi connectivity index (χ3n) is 3.14. The van der Waals surface area contributed by atoms with Crippen LogP contribution in [0.3, 0.4) is 0 Å². The van der Waals surface area contributed by atoms with Crippen molar-refractivity contribution < 1.29 is 13.2 Å². The van der Waals surface area contributed by atoms with Gasteiger partial charge in [-0.2, -0.15) is 4.31 Å². The van der Waals surface area contributed by atoms with Crippen LogP contribution in [0.2, 0.25) is 0 Å². The van der Waals surface area contributed by atoms with Gasteiger partial charge in [0.05, 0.1) is 5.69 Å². The molecule has 0 radical (unpaired) electrons. The number of primary amides is 1. The first-order chi connectivity index (χ1) is 9.25. The average Bonchev–Trinajstić information content (AvgIpc) is 2.75. The molecule has 0 saturated carbocycles. The number of hydrogen-bond acceptors (Lipinski definition) is 4. The number of nitrogens with two attached hydrogens (primary N) is 2. The Balaban J connectivity index is 2.54. The number of hydrogen-bond donors (Lipinski definition) is 2. The van der Waals surface area contributed by atoms with E-state index in [9.17, 15) is 13.2 Å². The Kier molecular flexibility index (Phi) is 4.43.